The van der Waals surface area contributed by atoms with Gasteiger partial charge in [-0.15, -0.1) is 0 Å². The Kier molecular flexibility index (Phi) is 5.41. The van der Waals surface area contributed by atoms with Gasteiger partial charge >= 0.3 is 0 Å². The number of nitrogens with one attached hydrogen (secondary N) is 1. The molecule has 1 unspecified atom stereocenters. The van der Waals surface area contributed by atoms with Gasteiger partial charge in [-0.05, 0) is 19.3 Å². The molecule has 0 bridgehead atoms. The molecule has 5 heteroatoms. The topological polar surface area (TPSA) is 69.6 Å². The summed E-state index contributed by atoms with van der Waals surface area (Å²) in [5.41, 5.74) is 0. The van der Waals surface area contributed by atoms with Gasteiger partial charge in [-0.25, -0.2) is 0 Å². The van der Waals surface area contributed by atoms with E-state index >= 15 is 0 Å². The molecule has 0 aromatic rings. The van der Waals surface area contributed by atoms with Crippen molar-refractivity contribution < 1.29 is 14.7 Å². The summed E-state index contributed by atoms with van der Waals surface area (Å²) in [7, 11) is 0. The van der Waals surface area contributed by atoms with Gasteiger partial charge in [-0.3, -0.25) is 9.59 Å². The number of carbonyl (C=O) groups is 2. The van der Waals surface area contributed by atoms with Crippen LogP contribution >= 0.6 is 0 Å². The normalized spacial score (nSPS) is 18.9. The SMILES string of the molecule is CCC(O)CNC(=O)C1CCN(C(C)=O)CC1. The lowest BCUT2D eigenvalue weighted by Crippen LogP contribution is -2.43. The number of rotatable bonds is 4. The zero-order chi connectivity index (χ0) is 12.8. The van der Waals surface area contributed by atoms with Crippen LogP contribution in [0.2, 0.25) is 0 Å². The lowest BCUT2D eigenvalue weighted by molar-refractivity contribution is -0.134. The van der Waals surface area contributed by atoms with Crippen LogP contribution in [-0.2, 0) is 9.59 Å². The van der Waals surface area contributed by atoms with Gasteiger partial charge in [0.25, 0.3) is 0 Å². The van der Waals surface area contributed by atoms with Gasteiger partial charge in [-0.2, -0.15) is 0 Å². The van der Waals surface area contributed by atoms with Crippen molar-refractivity contribution in [2.24, 2.45) is 5.92 Å². The summed E-state index contributed by atoms with van der Waals surface area (Å²) in [5.74, 6) is 0.0561. The molecule has 2 N–H and O–H groups in total. The van der Waals surface area contributed by atoms with Crippen LogP contribution < -0.4 is 5.32 Å². The Labute approximate surface area is 102 Å². The quantitative estimate of drug-likeness (QED) is 0.736. The highest BCUT2D eigenvalue weighted by Crippen LogP contribution is 2.17. The van der Waals surface area contributed by atoms with E-state index in [1.807, 2.05) is 6.92 Å². The number of carbonyl (C=O) groups excluding carboxylic acids is 2. The Morgan fingerprint density at radius 3 is 2.47 bits per heavy atom. The smallest absolute Gasteiger partial charge is 0.223 e. The fourth-order valence-electron chi connectivity index (χ4n) is 1.96. The number of likely N-dealkylation sites (tertiary alicyclic amines) is 1. The fraction of sp³-hybridized carbons (Fsp3) is 0.833. The summed E-state index contributed by atoms with van der Waals surface area (Å²) in [4.78, 5) is 24.7. The molecule has 0 spiro atoms. The van der Waals surface area contributed by atoms with Gasteiger partial charge in [0.1, 0.15) is 0 Å². The fourth-order valence-corrected chi connectivity index (χ4v) is 1.96. The van der Waals surface area contributed by atoms with Gasteiger partial charge in [0.05, 0.1) is 6.10 Å². The Morgan fingerprint density at radius 2 is 2.00 bits per heavy atom. The van der Waals surface area contributed by atoms with E-state index in [1.54, 1.807) is 11.8 Å². The lowest BCUT2D eigenvalue weighted by atomic mass is 9.96. The molecule has 1 rings (SSSR count). The number of nitrogens with zero attached hydrogens (tertiary/aromatic N) is 1. The van der Waals surface area contributed by atoms with Crippen LogP contribution in [0.1, 0.15) is 33.1 Å². The Hall–Kier alpha value is -1.10. The zero-order valence-electron chi connectivity index (χ0n) is 10.6. The molecule has 98 valence electrons. The summed E-state index contributed by atoms with van der Waals surface area (Å²) in [6.07, 6.45) is 1.61. The van der Waals surface area contributed by atoms with Crippen molar-refractivity contribution in [3.63, 3.8) is 0 Å². The first-order valence-electron chi connectivity index (χ1n) is 6.25. The van der Waals surface area contributed by atoms with Gasteiger partial charge < -0.3 is 15.3 Å². The van der Waals surface area contributed by atoms with Crippen LogP contribution in [0, 0.1) is 5.92 Å². The third-order valence-corrected chi connectivity index (χ3v) is 3.29. The second kappa shape index (κ2) is 6.59. The van der Waals surface area contributed by atoms with E-state index in [9.17, 15) is 14.7 Å². The standard InChI is InChI=1S/C12H22N2O3/c1-3-11(16)8-13-12(17)10-4-6-14(7-5-10)9(2)15/h10-11,16H,3-8H2,1-2H3,(H,13,17). The van der Waals surface area contributed by atoms with Crippen molar-refractivity contribution >= 4 is 11.8 Å². The maximum Gasteiger partial charge on any atom is 0.223 e. The summed E-state index contributed by atoms with van der Waals surface area (Å²) in [5, 5.41) is 12.1. The molecular weight excluding hydrogens is 220 g/mol. The molecule has 0 radical (unpaired) electrons. The van der Waals surface area contributed by atoms with Crippen LogP contribution in [0.5, 0.6) is 0 Å². The van der Waals surface area contributed by atoms with Gasteiger partial charge in [-0.1, -0.05) is 6.92 Å². The Balaban J connectivity index is 2.28. The Bertz CT molecular complexity index is 273. The average molecular weight is 242 g/mol. The maximum atomic E-state index is 11.8. The number of hydrogen-bond acceptors (Lipinski definition) is 3. The lowest BCUT2D eigenvalue weighted by Gasteiger charge is -2.30. The average Bonchev–Trinajstić information content (AvgIpc) is 2.35. The van der Waals surface area contributed by atoms with E-state index in [1.165, 1.54) is 0 Å². The first kappa shape index (κ1) is 14.0. The number of aliphatic hydroxyl groups excluding tert-OH is 1. The molecule has 17 heavy (non-hydrogen) atoms. The van der Waals surface area contributed by atoms with Crippen LogP contribution in [0.4, 0.5) is 0 Å². The van der Waals surface area contributed by atoms with E-state index in [2.05, 4.69) is 5.32 Å². The van der Waals surface area contributed by atoms with Crippen LogP contribution in [0.25, 0.3) is 0 Å². The Morgan fingerprint density at radius 1 is 1.41 bits per heavy atom. The van der Waals surface area contributed by atoms with Crippen LogP contribution in [0.15, 0.2) is 0 Å². The minimum Gasteiger partial charge on any atom is -0.391 e. The van der Waals surface area contributed by atoms with E-state index in [-0.39, 0.29) is 17.7 Å². The number of hydrogen-bond donors (Lipinski definition) is 2. The van der Waals surface area contributed by atoms with Crippen molar-refractivity contribution in [2.75, 3.05) is 19.6 Å². The third-order valence-electron chi connectivity index (χ3n) is 3.29. The first-order chi connectivity index (χ1) is 8.04. The zero-order valence-corrected chi connectivity index (χ0v) is 10.6. The molecule has 1 aliphatic rings. The van der Waals surface area contributed by atoms with Crippen molar-refractivity contribution in [3.05, 3.63) is 0 Å². The predicted molar refractivity (Wildman–Crippen MR) is 64.3 cm³/mol. The summed E-state index contributed by atoms with van der Waals surface area (Å²) in [6.45, 7) is 5.07. The van der Waals surface area contributed by atoms with Gasteiger partial charge in [0.2, 0.25) is 11.8 Å². The minimum absolute atomic E-state index is 0.000650. The molecule has 2 amide bonds. The summed E-state index contributed by atoms with van der Waals surface area (Å²) < 4.78 is 0. The molecule has 1 fully saturated rings. The predicted octanol–water partition coefficient (Wildman–Crippen LogP) is 0.132. The molecule has 1 atom stereocenters. The van der Waals surface area contributed by atoms with Crippen molar-refractivity contribution in [2.45, 2.75) is 39.2 Å². The van der Waals surface area contributed by atoms with E-state index in [0.29, 0.717) is 38.9 Å². The molecule has 0 aliphatic carbocycles. The van der Waals surface area contributed by atoms with Gasteiger partial charge in [0.15, 0.2) is 0 Å². The molecular formula is C12H22N2O3. The van der Waals surface area contributed by atoms with Crippen molar-refractivity contribution in [3.8, 4) is 0 Å². The highest BCUT2D eigenvalue weighted by atomic mass is 16.3. The van der Waals surface area contributed by atoms with Crippen LogP contribution in [0.3, 0.4) is 0 Å². The molecule has 5 nitrogen and oxygen atoms in total. The van der Waals surface area contributed by atoms with E-state index in [4.69, 9.17) is 0 Å². The molecule has 0 aromatic heterocycles. The highest BCUT2D eigenvalue weighted by molar-refractivity contribution is 5.79. The molecule has 1 saturated heterocycles. The van der Waals surface area contributed by atoms with Crippen molar-refractivity contribution in [1.29, 1.82) is 0 Å². The first-order valence-corrected chi connectivity index (χ1v) is 6.25. The molecule has 0 aromatic carbocycles. The largest absolute Gasteiger partial charge is 0.391 e. The second-order valence-electron chi connectivity index (χ2n) is 4.59. The summed E-state index contributed by atoms with van der Waals surface area (Å²) in [6, 6.07) is 0. The molecule has 0 saturated carbocycles. The second-order valence-corrected chi connectivity index (χ2v) is 4.59. The van der Waals surface area contributed by atoms with Gasteiger partial charge in [0, 0.05) is 32.5 Å². The number of piperidine rings is 1. The van der Waals surface area contributed by atoms with E-state index < -0.39 is 6.10 Å². The monoisotopic (exact) mass is 242 g/mol. The molecule has 1 heterocycles. The van der Waals surface area contributed by atoms with Crippen LogP contribution in [-0.4, -0.2) is 47.6 Å². The number of aliphatic hydroxyl groups is 1. The third kappa shape index (κ3) is 4.34. The molecule has 1 aliphatic heterocycles. The van der Waals surface area contributed by atoms with E-state index in [0.717, 1.165) is 0 Å². The highest BCUT2D eigenvalue weighted by Gasteiger charge is 2.25. The maximum absolute atomic E-state index is 11.8. The number of amides is 2. The summed E-state index contributed by atoms with van der Waals surface area (Å²) >= 11 is 0. The minimum atomic E-state index is -0.462. The van der Waals surface area contributed by atoms with Crippen molar-refractivity contribution in [1.82, 2.24) is 10.2 Å².